The summed E-state index contributed by atoms with van der Waals surface area (Å²) in [6.07, 6.45) is 5.62. The molecule has 0 atom stereocenters. The largest absolute Gasteiger partial charge is 0.481 e. The summed E-state index contributed by atoms with van der Waals surface area (Å²) in [7, 11) is 0. The van der Waals surface area contributed by atoms with E-state index < -0.39 is 5.97 Å². The molecule has 1 aliphatic carbocycles. The molecule has 17 heavy (non-hydrogen) atoms. The molecule has 3 N–H and O–H groups in total. The van der Waals surface area contributed by atoms with E-state index in [9.17, 15) is 9.59 Å². The molecule has 1 fully saturated rings. The summed E-state index contributed by atoms with van der Waals surface area (Å²) in [5.41, 5.74) is 0.436. The third-order valence-corrected chi connectivity index (χ3v) is 3.15. The lowest BCUT2D eigenvalue weighted by Crippen LogP contribution is -2.38. The van der Waals surface area contributed by atoms with E-state index in [1.807, 2.05) is 0 Å². The SMILES string of the molecule is O=C(NC1CCC(C(=O)O)CC1)c1cnc[nH]1. The van der Waals surface area contributed by atoms with Gasteiger partial charge in [-0.1, -0.05) is 0 Å². The van der Waals surface area contributed by atoms with Gasteiger partial charge < -0.3 is 15.4 Å². The second-order valence-corrected chi connectivity index (χ2v) is 4.33. The normalized spacial score (nSPS) is 24.2. The van der Waals surface area contributed by atoms with Gasteiger partial charge in [0.05, 0.1) is 18.4 Å². The highest BCUT2D eigenvalue weighted by atomic mass is 16.4. The molecule has 0 saturated heterocycles. The fraction of sp³-hybridized carbons (Fsp3) is 0.545. The first-order valence-corrected chi connectivity index (χ1v) is 5.69. The number of rotatable bonds is 3. The number of nitrogens with one attached hydrogen (secondary N) is 2. The number of carbonyl (C=O) groups excluding carboxylic acids is 1. The summed E-state index contributed by atoms with van der Waals surface area (Å²) in [5, 5.41) is 11.7. The van der Waals surface area contributed by atoms with Crippen LogP contribution in [0.5, 0.6) is 0 Å². The number of aromatic amines is 1. The van der Waals surface area contributed by atoms with Crippen molar-refractivity contribution in [2.75, 3.05) is 0 Å². The van der Waals surface area contributed by atoms with Gasteiger partial charge in [0.15, 0.2) is 0 Å². The summed E-state index contributed by atoms with van der Waals surface area (Å²) in [5.74, 6) is -1.17. The van der Waals surface area contributed by atoms with Crippen molar-refractivity contribution in [2.45, 2.75) is 31.7 Å². The molecule has 2 rings (SSSR count). The van der Waals surface area contributed by atoms with Crippen molar-refractivity contribution in [3.8, 4) is 0 Å². The number of amides is 1. The van der Waals surface area contributed by atoms with Gasteiger partial charge in [-0.05, 0) is 25.7 Å². The number of aliphatic carboxylic acids is 1. The predicted octanol–water partition coefficient (Wildman–Crippen LogP) is 0.783. The van der Waals surface area contributed by atoms with E-state index in [1.165, 1.54) is 12.5 Å². The van der Waals surface area contributed by atoms with Crippen molar-refractivity contribution in [1.82, 2.24) is 15.3 Å². The highest BCUT2D eigenvalue weighted by Gasteiger charge is 2.26. The van der Waals surface area contributed by atoms with Gasteiger partial charge in [0.1, 0.15) is 5.69 Å². The maximum Gasteiger partial charge on any atom is 0.306 e. The molecule has 1 amide bonds. The van der Waals surface area contributed by atoms with Gasteiger partial charge in [-0.2, -0.15) is 0 Å². The van der Waals surface area contributed by atoms with Crippen molar-refractivity contribution in [3.05, 3.63) is 18.2 Å². The minimum absolute atomic E-state index is 0.0707. The molecule has 1 saturated carbocycles. The molecule has 6 heteroatoms. The molecular formula is C11H15N3O3. The molecule has 0 unspecified atom stereocenters. The molecule has 1 aromatic rings. The zero-order valence-corrected chi connectivity index (χ0v) is 9.35. The van der Waals surface area contributed by atoms with Crippen LogP contribution in [0.1, 0.15) is 36.2 Å². The minimum Gasteiger partial charge on any atom is -0.481 e. The number of hydrogen-bond donors (Lipinski definition) is 3. The Bertz CT molecular complexity index is 394. The zero-order chi connectivity index (χ0) is 12.3. The highest BCUT2D eigenvalue weighted by molar-refractivity contribution is 5.92. The van der Waals surface area contributed by atoms with E-state index >= 15 is 0 Å². The molecule has 0 bridgehead atoms. The van der Waals surface area contributed by atoms with Gasteiger partial charge in [0.25, 0.3) is 5.91 Å². The van der Waals surface area contributed by atoms with Crippen LogP contribution >= 0.6 is 0 Å². The third-order valence-electron chi connectivity index (χ3n) is 3.15. The Labute approximate surface area is 98.4 Å². The Kier molecular flexibility index (Phi) is 3.41. The lowest BCUT2D eigenvalue weighted by Gasteiger charge is -2.26. The Hall–Kier alpha value is -1.85. The zero-order valence-electron chi connectivity index (χ0n) is 9.35. The fourth-order valence-corrected chi connectivity index (χ4v) is 2.13. The molecule has 6 nitrogen and oxygen atoms in total. The van der Waals surface area contributed by atoms with Crippen LogP contribution in [-0.2, 0) is 4.79 Å². The van der Waals surface area contributed by atoms with Gasteiger partial charge in [-0.15, -0.1) is 0 Å². The molecule has 0 spiro atoms. The summed E-state index contributed by atoms with van der Waals surface area (Å²) < 4.78 is 0. The Morgan fingerprint density at radius 2 is 2.06 bits per heavy atom. The van der Waals surface area contributed by atoms with Crippen molar-refractivity contribution < 1.29 is 14.7 Å². The van der Waals surface area contributed by atoms with E-state index in [1.54, 1.807) is 0 Å². The second-order valence-electron chi connectivity index (χ2n) is 4.33. The minimum atomic E-state index is -0.733. The summed E-state index contributed by atoms with van der Waals surface area (Å²) >= 11 is 0. The van der Waals surface area contributed by atoms with Crippen molar-refractivity contribution in [3.63, 3.8) is 0 Å². The van der Waals surface area contributed by atoms with E-state index in [-0.39, 0.29) is 17.9 Å². The molecule has 92 valence electrons. The van der Waals surface area contributed by atoms with Crippen LogP contribution in [0.25, 0.3) is 0 Å². The molecule has 1 heterocycles. The number of imidazole rings is 1. The quantitative estimate of drug-likeness (QED) is 0.724. The molecule has 0 aliphatic heterocycles. The molecule has 0 aromatic carbocycles. The smallest absolute Gasteiger partial charge is 0.306 e. The van der Waals surface area contributed by atoms with Crippen LogP contribution in [-0.4, -0.2) is 33.0 Å². The number of hydrogen-bond acceptors (Lipinski definition) is 3. The first kappa shape index (κ1) is 11.6. The van der Waals surface area contributed by atoms with Gasteiger partial charge in [0, 0.05) is 6.04 Å². The van der Waals surface area contributed by atoms with Crippen LogP contribution < -0.4 is 5.32 Å². The van der Waals surface area contributed by atoms with Crippen LogP contribution in [0, 0.1) is 5.92 Å². The van der Waals surface area contributed by atoms with E-state index in [0.29, 0.717) is 18.5 Å². The Morgan fingerprint density at radius 3 is 2.59 bits per heavy atom. The number of carboxylic acid groups (broad SMARTS) is 1. The van der Waals surface area contributed by atoms with Crippen LogP contribution in [0.2, 0.25) is 0 Å². The highest BCUT2D eigenvalue weighted by Crippen LogP contribution is 2.24. The van der Waals surface area contributed by atoms with Crippen molar-refractivity contribution in [2.24, 2.45) is 5.92 Å². The maximum absolute atomic E-state index is 11.7. The van der Waals surface area contributed by atoms with Crippen LogP contribution in [0.3, 0.4) is 0 Å². The number of nitrogens with zero attached hydrogens (tertiary/aromatic N) is 1. The molecule has 0 radical (unpaired) electrons. The van der Waals surface area contributed by atoms with Crippen LogP contribution in [0.4, 0.5) is 0 Å². The monoisotopic (exact) mass is 237 g/mol. The second kappa shape index (κ2) is 4.99. The van der Waals surface area contributed by atoms with Crippen molar-refractivity contribution >= 4 is 11.9 Å². The van der Waals surface area contributed by atoms with E-state index in [0.717, 1.165) is 12.8 Å². The molecule has 1 aliphatic rings. The Balaban J connectivity index is 1.82. The number of H-pyrrole nitrogens is 1. The third kappa shape index (κ3) is 2.83. The van der Waals surface area contributed by atoms with Gasteiger partial charge >= 0.3 is 5.97 Å². The number of aromatic nitrogens is 2. The van der Waals surface area contributed by atoms with Crippen molar-refractivity contribution in [1.29, 1.82) is 0 Å². The maximum atomic E-state index is 11.7. The average molecular weight is 237 g/mol. The topological polar surface area (TPSA) is 95.1 Å². The van der Waals surface area contributed by atoms with E-state index in [2.05, 4.69) is 15.3 Å². The summed E-state index contributed by atoms with van der Waals surface area (Å²) in [4.78, 5) is 29.0. The summed E-state index contributed by atoms with van der Waals surface area (Å²) in [6.45, 7) is 0. The van der Waals surface area contributed by atoms with E-state index in [4.69, 9.17) is 5.11 Å². The average Bonchev–Trinajstić information content (AvgIpc) is 2.83. The standard InChI is InChI=1S/C11H15N3O3/c15-10(9-5-12-6-13-9)14-8-3-1-7(2-4-8)11(16)17/h5-8H,1-4H2,(H,12,13)(H,14,15)(H,16,17). The van der Waals surface area contributed by atoms with Gasteiger partial charge in [0.2, 0.25) is 0 Å². The van der Waals surface area contributed by atoms with Crippen LogP contribution in [0.15, 0.2) is 12.5 Å². The number of carbonyl (C=O) groups is 2. The predicted molar refractivity (Wildman–Crippen MR) is 59.4 cm³/mol. The summed E-state index contributed by atoms with van der Waals surface area (Å²) in [6, 6.07) is 0.0707. The Morgan fingerprint density at radius 1 is 1.35 bits per heavy atom. The lowest BCUT2D eigenvalue weighted by molar-refractivity contribution is -0.142. The van der Waals surface area contributed by atoms with Gasteiger partial charge in [-0.25, -0.2) is 4.98 Å². The first-order valence-electron chi connectivity index (χ1n) is 5.69. The fourth-order valence-electron chi connectivity index (χ4n) is 2.13. The molecule has 1 aromatic heterocycles. The lowest BCUT2D eigenvalue weighted by atomic mass is 9.86. The first-order chi connectivity index (χ1) is 8.16. The number of carboxylic acids is 1. The molecular weight excluding hydrogens is 222 g/mol. The van der Waals surface area contributed by atoms with Gasteiger partial charge in [-0.3, -0.25) is 9.59 Å².